The van der Waals surface area contributed by atoms with Crippen molar-refractivity contribution < 1.29 is 14.6 Å². The molecule has 5 nitrogen and oxygen atoms in total. The first-order valence-corrected chi connectivity index (χ1v) is 8.71. The number of aromatic carboxylic acids is 1. The molecule has 1 aromatic carbocycles. The highest BCUT2D eigenvalue weighted by Crippen LogP contribution is 2.34. The minimum absolute atomic E-state index is 0.299. The lowest BCUT2D eigenvalue weighted by atomic mass is 9.91. The maximum absolute atomic E-state index is 11.4. The number of carbonyl (C=O) groups is 1. The fourth-order valence-electron chi connectivity index (χ4n) is 3.60. The normalized spacial score (nSPS) is 18.5. The lowest BCUT2D eigenvalue weighted by Crippen LogP contribution is -2.26. The van der Waals surface area contributed by atoms with E-state index in [9.17, 15) is 9.90 Å². The third-order valence-corrected chi connectivity index (χ3v) is 4.89. The molecule has 1 aliphatic heterocycles. The van der Waals surface area contributed by atoms with E-state index in [1.807, 2.05) is 12.1 Å². The van der Waals surface area contributed by atoms with Gasteiger partial charge in [-0.3, -0.25) is 9.88 Å². The van der Waals surface area contributed by atoms with Crippen LogP contribution in [-0.4, -0.2) is 41.2 Å². The third-order valence-electron chi connectivity index (χ3n) is 4.89. The highest BCUT2D eigenvalue weighted by Gasteiger charge is 2.22. The number of hydrogen-bond acceptors (Lipinski definition) is 4. The Morgan fingerprint density at radius 3 is 2.88 bits per heavy atom. The topological polar surface area (TPSA) is 62.7 Å². The number of pyridine rings is 1. The molecule has 0 radical (unpaired) electrons. The van der Waals surface area contributed by atoms with Crippen molar-refractivity contribution in [1.82, 2.24) is 9.88 Å². The maximum atomic E-state index is 11.4. The van der Waals surface area contributed by atoms with Crippen LogP contribution in [0.1, 0.15) is 46.8 Å². The lowest BCUT2D eigenvalue weighted by Gasteiger charge is -2.21. The molecule has 132 valence electrons. The molecule has 3 rings (SSSR count). The van der Waals surface area contributed by atoms with E-state index in [2.05, 4.69) is 22.0 Å². The zero-order valence-corrected chi connectivity index (χ0v) is 14.5. The second-order valence-electron chi connectivity index (χ2n) is 6.45. The van der Waals surface area contributed by atoms with Crippen molar-refractivity contribution in [3.8, 4) is 5.75 Å². The van der Waals surface area contributed by atoms with E-state index in [4.69, 9.17) is 4.74 Å². The summed E-state index contributed by atoms with van der Waals surface area (Å²) in [4.78, 5) is 18.0. The summed E-state index contributed by atoms with van der Waals surface area (Å²) < 4.78 is 5.52. The molecule has 2 aromatic rings. The maximum Gasteiger partial charge on any atom is 0.337 e. The number of aromatic nitrogens is 1. The Labute approximate surface area is 148 Å². The van der Waals surface area contributed by atoms with Crippen LogP contribution in [0.25, 0.3) is 0 Å². The van der Waals surface area contributed by atoms with Crippen molar-refractivity contribution in [1.29, 1.82) is 0 Å². The molecule has 25 heavy (non-hydrogen) atoms. The van der Waals surface area contributed by atoms with Gasteiger partial charge in [0.15, 0.2) is 0 Å². The third kappa shape index (κ3) is 4.17. The second-order valence-corrected chi connectivity index (χ2v) is 6.45. The number of benzene rings is 1. The molecular weight excluding hydrogens is 316 g/mol. The Balaban J connectivity index is 1.69. The summed E-state index contributed by atoms with van der Waals surface area (Å²) in [6.45, 7) is 2.47. The highest BCUT2D eigenvalue weighted by molar-refractivity contribution is 5.88. The van der Waals surface area contributed by atoms with Gasteiger partial charge in [-0.05, 0) is 62.0 Å². The molecule has 0 aliphatic carbocycles. The van der Waals surface area contributed by atoms with Crippen LogP contribution in [0.4, 0.5) is 0 Å². The van der Waals surface area contributed by atoms with Crippen LogP contribution in [0.3, 0.4) is 0 Å². The summed E-state index contributed by atoms with van der Waals surface area (Å²) in [5.74, 6) is 0.521. The number of hydrogen-bond donors (Lipinski definition) is 1. The van der Waals surface area contributed by atoms with E-state index in [1.165, 1.54) is 5.56 Å². The average molecular weight is 340 g/mol. The minimum Gasteiger partial charge on any atom is -0.496 e. The summed E-state index contributed by atoms with van der Waals surface area (Å²) in [6.07, 6.45) is 4.90. The summed E-state index contributed by atoms with van der Waals surface area (Å²) in [6, 6.07) is 11.5. The molecule has 1 N–H and O–H groups in total. The van der Waals surface area contributed by atoms with Gasteiger partial charge >= 0.3 is 5.97 Å². The predicted octanol–water partition coefficient (Wildman–Crippen LogP) is 3.56. The van der Waals surface area contributed by atoms with Crippen molar-refractivity contribution in [3.63, 3.8) is 0 Å². The molecule has 0 saturated carbocycles. The average Bonchev–Trinajstić information content (AvgIpc) is 2.87. The number of likely N-dealkylation sites (tertiary alicyclic amines) is 1. The Morgan fingerprint density at radius 1 is 1.24 bits per heavy atom. The summed E-state index contributed by atoms with van der Waals surface area (Å²) in [7, 11) is 1.72. The SMILES string of the molecule is COc1ccccc1C1CCCN(Cc2ncccc2C(=O)O)CC1. The van der Waals surface area contributed by atoms with Crippen molar-refractivity contribution in [2.75, 3.05) is 20.2 Å². The Morgan fingerprint density at radius 2 is 2.08 bits per heavy atom. The zero-order valence-electron chi connectivity index (χ0n) is 14.5. The fourth-order valence-corrected chi connectivity index (χ4v) is 3.60. The molecule has 0 bridgehead atoms. The minimum atomic E-state index is -0.912. The quantitative estimate of drug-likeness (QED) is 0.902. The molecule has 1 saturated heterocycles. The van der Waals surface area contributed by atoms with Gasteiger partial charge in [-0.15, -0.1) is 0 Å². The van der Waals surface area contributed by atoms with E-state index >= 15 is 0 Å². The Bertz CT molecular complexity index is 732. The van der Waals surface area contributed by atoms with Gasteiger partial charge in [0, 0.05) is 12.7 Å². The number of para-hydroxylation sites is 1. The number of carboxylic acid groups (broad SMARTS) is 1. The number of ether oxygens (including phenoxy) is 1. The standard InChI is InChI=1S/C20H24N2O3/c1-25-19-9-3-2-7-16(19)15-6-5-12-22(13-10-15)14-18-17(20(23)24)8-4-11-21-18/h2-4,7-9,11,15H,5-6,10,12-14H2,1H3,(H,23,24). The lowest BCUT2D eigenvalue weighted by molar-refractivity contribution is 0.0693. The van der Waals surface area contributed by atoms with Crippen LogP contribution in [0.5, 0.6) is 5.75 Å². The molecule has 2 heterocycles. The second kappa shape index (κ2) is 8.12. The van der Waals surface area contributed by atoms with Crippen LogP contribution < -0.4 is 4.74 Å². The van der Waals surface area contributed by atoms with Gasteiger partial charge in [0.05, 0.1) is 18.4 Å². The van der Waals surface area contributed by atoms with Crippen molar-refractivity contribution >= 4 is 5.97 Å². The molecular formula is C20H24N2O3. The van der Waals surface area contributed by atoms with Crippen LogP contribution >= 0.6 is 0 Å². The molecule has 0 spiro atoms. The van der Waals surface area contributed by atoms with E-state index in [1.54, 1.807) is 25.4 Å². The molecule has 0 amide bonds. The highest BCUT2D eigenvalue weighted by atomic mass is 16.5. The Hall–Kier alpha value is -2.40. The molecule has 1 atom stereocenters. The Kier molecular flexibility index (Phi) is 5.66. The molecule has 5 heteroatoms. The molecule has 1 aromatic heterocycles. The number of carboxylic acids is 1. The van der Waals surface area contributed by atoms with Gasteiger partial charge in [-0.2, -0.15) is 0 Å². The summed E-state index contributed by atoms with van der Waals surface area (Å²) in [5, 5.41) is 9.33. The number of rotatable bonds is 5. The van der Waals surface area contributed by atoms with Gasteiger partial charge in [0.1, 0.15) is 5.75 Å². The first-order chi connectivity index (χ1) is 12.2. The van der Waals surface area contributed by atoms with Crippen molar-refractivity contribution in [2.24, 2.45) is 0 Å². The first kappa shape index (κ1) is 17.4. The molecule has 1 unspecified atom stereocenters. The fraction of sp³-hybridized carbons (Fsp3) is 0.400. The molecule has 1 fully saturated rings. The van der Waals surface area contributed by atoms with E-state index in [0.29, 0.717) is 23.7 Å². The van der Waals surface area contributed by atoms with Crippen LogP contribution in [-0.2, 0) is 6.54 Å². The van der Waals surface area contributed by atoms with E-state index in [-0.39, 0.29) is 0 Å². The number of methoxy groups -OCH3 is 1. The van der Waals surface area contributed by atoms with Crippen LogP contribution in [0.2, 0.25) is 0 Å². The largest absolute Gasteiger partial charge is 0.496 e. The monoisotopic (exact) mass is 340 g/mol. The first-order valence-electron chi connectivity index (χ1n) is 8.71. The van der Waals surface area contributed by atoms with Gasteiger partial charge in [0.2, 0.25) is 0 Å². The zero-order chi connectivity index (χ0) is 17.6. The van der Waals surface area contributed by atoms with E-state index < -0.39 is 5.97 Å². The van der Waals surface area contributed by atoms with E-state index in [0.717, 1.165) is 38.1 Å². The van der Waals surface area contributed by atoms with Crippen LogP contribution in [0.15, 0.2) is 42.6 Å². The van der Waals surface area contributed by atoms with Gasteiger partial charge in [0.25, 0.3) is 0 Å². The van der Waals surface area contributed by atoms with Gasteiger partial charge in [-0.1, -0.05) is 18.2 Å². The number of nitrogens with zero attached hydrogens (tertiary/aromatic N) is 2. The van der Waals surface area contributed by atoms with Gasteiger partial charge in [-0.25, -0.2) is 4.79 Å². The smallest absolute Gasteiger partial charge is 0.337 e. The van der Waals surface area contributed by atoms with Crippen LogP contribution in [0, 0.1) is 0 Å². The predicted molar refractivity (Wildman–Crippen MR) is 96.1 cm³/mol. The summed E-state index contributed by atoms with van der Waals surface area (Å²) >= 11 is 0. The molecule has 1 aliphatic rings. The summed E-state index contributed by atoms with van der Waals surface area (Å²) in [5.41, 5.74) is 2.22. The van der Waals surface area contributed by atoms with Gasteiger partial charge < -0.3 is 9.84 Å². The van der Waals surface area contributed by atoms with Crippen molar-refractivity contribution in [2.45, 2.75) is 31.7 Å². The van der Waals surface area contributed by atoms with Crippen molar-refractivity contribution in [3.05, 3.63) is 59.4 Å².